The monoisotopic (exact) mass is 473 g/mol. The Bertz CT molecular complexity index is 1200. The van der Waals surface area contributed by atoms with E-state index in [2.05, 4.69) is 20.2 Å². The van der Waals surface area contributed by atoms with Crippen molar-refractivity contribution < 1.29 is 22.5 Å². The predicted octanol–water partition coefficient (Wildman–Crippen LogP) is 1.92. The summed E-state index contributed by atoms with van der Waals surface area (Å²) in [4.78, 5) is 32.2. The number of likely N-dealkylation sites (tertiary alicyclic amines) is 1. The van der Waals surface area contributed by atoms with E-state index in [9.17, 15) is 18.0 Å². The number of amidine groups is 1. The van der Waals surface area contributed by atoms with Gasteiger partial charge in [-0.3, -0.25) is 19.3 Å². The van der Waals surface area contributed by atoms with Gasteiger partial charge in [-0.2, -0.15) is 0 Å². The Morgan fingerprint density at radius 1 is 1.24 bits per heavy atom. The molecule has 0 bridgehead atoms. The topological polar surface area (TPSA) is 134 Å². The van der Waals surface area contributed by atoms with E-state index in [1.807, 2.05) is 13.8 Å². The lowest BCUT2D eigenvalue weighted by Crippen LogP contribution is -2.47. The van der Waals surface area contributed by atoms with Crippen LogP contribution < -0.4 is 10.0 Å². The Morgan fingerprint density at radius 2 is 1.94 bits per heavy atom. The van der Waals surface area contributed by atoms with Gasteiger partial charge < -0.3 is 14.7 Å². The van der Waals surface area contributed by atoms with Crippen molar-refractivity contribution in [3.05, 3.63) is 41.7 Å². The molecule has 33 heavy (non-hydrogen) atoms. The third kappa shape index (κ3) is 4.77. The molecule has 0 spiro atoms. The second-order valence-electron chi connectivity index (χ2n) is 8.68. The summed E-state index contributed by atoms with van der Waals surface area (Å²) in [5, 5.41) is 6.53. The molecule has 3 heterocycles. The standard InChI is InChI=1S/C22H27N5O5S/c1-13(2)19(24-20-16-6-4-5-7-17(16)33(30,31)26-20)22(29)27-10-8-15(9-11-27)21(28)23-18-12-14(3)32-25-18/h4-7,12-13,15,19H,8-11H2,1-3H3,(H,24,26)(H,23,25,28)/t19-/m0/s1. The van der Waals surface area contributed by atoms with E-state index in [0.717, 1.165) is 0 Å². The fraction of sp³-hybridized carbons (Fsp3) is 0.455. The lowest BCUT2D eigenvalue weighted by molar-refractivity contribution is -0.136. The zero-order valence-corrected chi connectivity index (χ0v) is 19.6. The average Bonchev–Trinajstić information content (AvgIpc) is 3.31. The van der Waals surface area contributed by atoms with Crippen LogP contribution in [0, 0.1) is 18.8 Å². The Kier molecular flexibility index (Phi) is 6.24. The van der Waals surface area contributed by atoms with Crippen LogP contribution in [0.5, 0.6) is 0 Å². The number of anilines is 1. The molecule has 10 nitrogen and oxygen atoms in total. The highest BCUT2D eigenvalue weighted by Crippen LogP contribution is 2.25. The maximum absolute atomic E-state index is 13.3. The molecule has 0 unspecified atom stereocenters. The molecule has 2 amide bonds. The van der Waals surface area contributed by atoms with Crippen LogP contribution in [0.2, 0.25) is 0 Å². The van der Waals surface area contributed by atoms with Crippen molar-refractivity contribution in [3.63, 3.8) is 0 Å². The van der Waals surface area contributed by atoms with Gasteiger partial charge in [0.05, 0.1) is 4.90 Å². The van der Waals surface area contributed by atoms with Gasteiger partial charge in [-0.15, -0.1) is 0 Å². The van der Waals surface area contributed by atoms with Crippen LogP contribution in [-0.4, -0.2) is 55.3 Å². The number of fused-ring (bicyclic) bond motifs is 1. The minimum atomic E-state index is -3.68. The second-order valence-corrected chi connectivity index (χ2v) is 10.3. The summed E-state index contributed by atoms with van der Waals surface area (Å²) in [5.41, 5.74) is 0.467. The van der Waals surface area contributed by atoms with Gasteiger partial charge >= 0.3 is 0 Å². The van der Waals surface area contributed by atoms with Gasteiger partial charge in [-0.05, 0) is 37.8 Å². The third-order valence-corrected chi connectivity index (χ3v) is 7.27. The molecule has 1 fully saturated rings. The van der Waals surface area contributed by atoms with Crippen LogP contribution in [0.1, 0.15) is 38.0 Å². The van der Waals surface area contributed by atoms with Crippen molar-refractivity contribution in [2.45, 2.75) is 44.6 Å². The van der Waals surface area contributed by atoms with Crippen LogP contribution in [-0.2, 0) is 19.6 Å². The molecule has 0 saturated carbocycles. The lowest BCUT2D eigenvalue weighted by Gasteiger charge is -2.33. The first-order valence-corrected chi connectivity index (χ1v) is 12.4. The van der Waals surface area contributed by atoms with Gasteiger partial charge in [-0.1, -0.05) is 31.1 Å². The molecule has 0 radical (unpaired) electrons. The first-order chi connectivity index (χ1) is 15.7. The zero-order chi connectivity index (χ0) is 23.8. The number of rotatable bonds is 5. The molecule has 176 valence electrons. The number of sulfonamides is 1. The number of hydrogen-bond acceptors (Lipinski definition) is 7. The molecule has 2 aliphatic rings. The minimum Gasteiger partial charge on any atom is -0.360 e. The van der Waals surface area contributed by atoms with Crippen LogP contribution in [0.25, 0.3) is 0 Å². The highest BCUT2D eigenvalue weighted by atomic mass is 32.2. The average molecular weight is 474 g/mol. The van der Waals surface area contributed by atoms with Crippen LogP contribution in [0.4, 0.5) is 5.82 Å². The minimum absolute atomic E-state index is 0.140. The summed E-state index contributed by atoms with van der Waals surface area (Å²) in [5.74, 6) is 0.488. The van der Waals surface area contributed by atoms with E-state index in [-0.39, 0.29) is 34.4 Å². The summed E-state index contributed by atoms with van der Waals surface area (Å²) in [6, 6.07) is 7.49. The molecule has 2 aromatic rings. The number of amides is 2. The predicted molar refractivity (Wildman–Crippen MR) is 121 cm³/mol. The largest absolute Gasteiger partial charge is 0.360 e. The van der Waals surface area contributed by atoms with Crippen molar-refractivity contribution in [1.29, 1.82) is 0 Å². The Labute approximate surface area is 192 Å². The molecule has 1 atom stereocenters. The van der Waals surface area contributed by atoms with Crippen molar-refractivity contribution in [3.8, 4) is 0 Å². The van der Waals surface area contributed by atoms with Crippen molar-refractivity contribution in [1.82, 2.24) is 14.8 Å². The zero-order valence-electron chi connectivity index (χ0n) is 18.7. The summed E-state index contributed by atoms with van der Waals surface area (Å²) >= 11 is 0. The van der Waals surface area contributed by atoms with E-state index in [4.69, 9.17) is 4.52 Å². The van der Waals surface area contributed by atoms with Gasteiger partial charge in [0.25, 0.3) is 10.0 Å². The number of carbonyl (C=O) groups is 2. The molecule has 11 heteroatoms. The highest BCUT2D eigenvalue weighted by Gasteiger charge is 2.35. The number of benzene rings is 1. The number of aromatic nitrogens is 1. The van der Waals surface area contributed by atoms with E-state index < -0.39 is 16.1 Å². The molecule has 1 aromatic heterocycles. The number of aryl methyl sites for hydroxylation is 1. The van der Waals surface area contributed by atoms with E-state index in [1.165, 1.54) is 6.07 Å². The highest BCUT2D eigenvalue weighted by molar-refractivity contribution is 7.90. The van der Waals surface area contributed by atoms with Crippen molar-refractivity contribution in [2.75, 3.05) is 18.4 Å². The summed E-state index contributed by atoms with van der Waals surface area (Å²) in [6.07, 6.45) is 1.04. The maximum Gasteiger partial charge on any atom is 0.263 e. The van der Waals surface area contributed by atoms with E-state index in [1.54, 1.807) is 36.1 Å². The van der Waals surface area contributed by atoms with Gasteiger partial charge in [0.1, 0.15) is 17.6 Å². The Balaban J connectivity index is 1.44. The number of nitrogens with zero attached hydrogens (tertiary/aromatic N) is 3. The number of aliphatic imine (C=N–C) groups is 1. The SMILES string of the molecule is Cc1cc(NC(=O)C2CCN(C(=O)[C@@H](N=C3NS(=O)(=O)c4ccccc43)C(C)C)CC2)no1. The second kappa shape index (κ2) is 8.97. The molecule has 2 N–H and O–H groups in total. The molecule has 1 aromatic carbocycles. The van der Waals surface area contributed by atoms with Gasteiger partial charge in [0.2, 0.25) is 11.8 Å². The molecular formula is C22H27N5O5S. The fourth-order valence-electron chi connectivity index (χ4n) is 4.06. The third-order valence-electron chi connectivity index (χ3n) is 5.87. The van der Waals surface area contributed by atoms with Crippen LogP contribution >= 0.6 is 0 Å². The quantitative estimate of drug-likeness (QED) is 0.681. The number of carbonyl (C=O) groups excluding carboxylic acids is 2. The lowest BCUT2D eigenvalue weighted by atomic mass is 9.94. The molecule has 1 saturated heterocycles. The number of piperidine rings is 1. The fourth-order valence-corrected chi connectivity index (χ4v) is 5.30. The summed E-state index contributed by atoms with van der Waals surface area (Å²) in [7, 11) is -3.68. The molecule has 0 aliphatic carbocycles. The molecular weight excluding hydrogens is 446 g/mol. The number of hydrogen-bond donors (Lipinski definition) is 2. The van der Waals surface area contributed by atoms with Crippen LogP contribution in [0.15, 0.2) is 44.7 Å². The smallest absolute Gasteiger partial charge is 0.263 e. The van der Waals surface area contributed by atoms with Gasteiger partial charge in [0, 0.05) is 30.6 Å². The van der Waals surface area contributed by atoms with E-state index >= 15 is 0 Å². The van der Waals surface area contributed by atoms with Crippen LogP contribution in [0.3, 0.4) is 0 Å². The normalized spacial score (nSPS) is 19.9. The number of nitrogens with one attached hydrogen (secondary N) is 2. The molecule has 4 rings (SSSR count). The first-order valence-electron chi connectivity index (χ1n) is 10.9. The van der Waals surface area contributed by atoms with Gasteiger partial charge in [0.15, 0.2) is 5.82 Å². The van der Waals surface area contributed by atoms with E-state index in [0.29, 0.717) is 43.1 Å². The summed E-state index contributed by atoms with van der Waals surface area (Å²) < 4.78 is 32.2. The summed E-state index contributed by atoms with van der Waals surface area (Å²) in [6.45, 7) is 6.34. The Morgan fingerprint density at radius 3 is 2.58 bits per heavy atom. The Hall–Kier alpha value is -3.21. The van der Waals surface area contributed by atoms with Crippen molar-refractivity contribution >= 4 is 33.5 Å². The molecule has 2 aliphatic heterocycles. The maximum atomic E-state index is 13.3. The van der Waals surface area contributed by atoms with Crippen molar-refractivity contribution in [2.24, 2.45) is 16.8 Å². The first kappa shape index (κ1) is 23.0. The van der Waals surface area contributed by atoms with Gasteiger partial charge in [-0.25, -0.2) is 8.42 Å².